The quantitative estimate of drug-likeness (QED) is 0.0536. The van der Waals surface area contributed by atoms with Crippen molar-refractivity contribution in [1.82, 2.24) is 51.1 Å². The average Bonchev–Trinajstić information content (AvgIpc) is 4.06. The molecule has 0 spiro atoms. The molecule has 63 heavy (non-hydrogen) atoms. The van der Waals surface area contributed by atoms with E-state index < -0.39 is 116 Å². The molecule has 336 valence electrons. The first-order valence-corrected chi connectivity index (χ1v) is 20.6. The number of rotatable bonds is 25. The molecular weight excluding hydrogens is 819 g/mol. The predicted molar refractivity (Wildman–Crippen MR) is 229 cm³/mol. The van der Waals surface area contributed by atoms with Gasteiger partial charge in [-0.3, -0.25) is 43.2 Å². The molecule has 0 saturated carbocycles. The highest BCUT2D eigenvalue weighted by Gasteiger charge is 2.39. The molecule has 0 unspecified atom stereocenters. The minimum Gasteiger partial charge on any atom is -0.378 e. The van der Waals surface area contributed by atoms with Gasteiger partial charge in [0, 0.05) is 33.2 Å². The second kappa shape index (κ2) is 26.9. The lowest BCUT2D eigenvalue weighted by Crippen LogP contribution is -2.57. The van der Waals surface area contributed by atoms with Crippen LogP contribution in [0.3, 0.4) is 0 Å². The fraction of sp³-hybridized carbons (Fsp3) is 0.750. The summed E-state index contributed by atoms with van der Waals surface area (Å²) < 4.78 is 16.5. The van der Waals surface area contributed by atoms with Crippen molar-refractivity contribution in [3.63, 3.8) is 0 Å². The van der Waals surface area contributed by atoms with Gasteiger partial charge < -0.3 is 65.3 Å². The van der Waals surface area contributed by atoms with E-state index in [4.69, 9.17) is 53.4 Å². The number of amides is 9. The molecule has 3 aliphatic rings. The minimum atomic E-state index is -0.845. The Morgan fingerprint density at radius 1 is 0.476 bits per heavy atom. The van der Waals surface area contributed by atoms with Gasteiger partial charge in [-0.15, -0.1) is 0 Å². The summed E-state index contributed by atoms with van der Waals surface area (Å²) in [6.07, 6.45) is -1.86. The van der Waals surface area contributed by atoms with Gasteiger partial charge >= 0.3 is 0 Å². The molecule has 22 nitrogen and oxygen atoms in total. The lowest BCUT2D eigenvalue weighted by atomic mass is 10.0. The van der Waals surface area contributed by atoms with Gasteiger partial charge in [-0.1, -0.05) is 0 Å². The fourth-order valence-electron chi connectivity index (χ4n) is 7.30. The van der Waals surface area contributed by atoms with Crippen molar-refractivity contribution in [3.8, 4) is 0 Å². The molecule has 0 aromatic rings. The van der Waals surface area contributed by atoms with Crippen LogP contribution >= 0.6 is 0 Å². The van der Waals surface area contributed by atoms with Gasteiger partial charge in [0.05, 0.1) is 141 Å². The molecule has 9 amide bonds. The van der Waals surface area contributed by atoms with E-state index in [1.807, 2.05) is 0 Å². The third kappa shape index (κ3) is 15.9. The molecule has 0 aliphatic carbocycles. The van der Waals surface area contributed by atoms with E-state index in [-0.39, 0.29) is 90.3 Å². The molecule has 0 aromatic carbocycles. The van der Waals surface area contributed by atoms with Crippen molar-refractivity contribution in [2.75, 3.05) is 106 Å². The number of nitrogens with one attached hydrogen (secondary N) is 5. The summed E-state index contributed by atoms with van der Waals surface area (Å²) in [4.78, 5) is 122. The third-order valence-corrected chi connectivity index (χ3v) is 10.8. The Morgan fingerprint density at radius 3 is 1.24 bits per heavy atom. The number of carbonyl (C=O) groups excluding carboxylic acids is 9. The Kier molecular flexibility index (Phi) is 22.5. The first-order chi connectivity index (χ1) is 30.1. The average molecular weight is 874 g/mol. The van der Waals surface area contributed by atoms with Crippen LogP contribution in [0.5, 0.6) is 0 Å². The minimum absolute atomic E-state index is 0.0443. The maximum atomic E-state index is 13.3. The SMILES string of the molecule is [B]CC(=O)N(CCNC(=O)CN(C(=O)C[B])[C@H]1COC[C@@H]1NC(=O)CN(CCNC(=O)CN(C(=O)C[B])[C@H]1COC[C@@H]1NC)C(=O)C[B])CC(=O)N[C@H]1COC[C@@H]1N(C)C(=O)C[B]. The predicted octanol–water partition coefficient (Wildman–Crippen LogP) is -7.32. The first-order valence-electron chi connectivity index (χ1n) is 20.6. The number of likely N-dealkylation sites (N-methyl/N-ethyl adjacent to an activating group) is 2. The van der Waals surface area contributed by atoms with E-state index in [9.17, 15) is 43.2 Å². The Labute approximate surface area is 374 Å². The second-order valence-electron chi connectivity index (χ2n) is 15.0. The van der Waals surface area contributed by atoms with E-state index in [0.29, 0.717) is 6.61 Å². The van der Waals surface area contributed by atoms with E-state index in [0.717, 1.165) is 14.7 Å². The van der Waals surface area contributed by atoms with E-state index >= 15 is 0 Å². The molecule has 0 aromatic heterocycles. The van der Waals surface area contributed by atoms with Crippen LogP contribution in [0.25, 0.3) is 0 Å². The van der Waals surface area contributed by atoms with Crippen LogP contribution in [0.1, 0.15) is 0 Å². The Hall–Kier alpha value is -4.61. The second-order valence-corrected chi connectivity index (χ2v) is 15.0. The molecule has 3 fully saturated rings. The van der Waals surface area contributed by atoms with Crippen LogP contribution in [0.4, 0.5) is 0 Å². The highest BCUT2D eigenvalue weighted by atomic mass is 16.5. The van der Waals surface area contributed by atoms with Gasteiger partial charge in [0.1, 0.15) is 0 Å². The molecular formula is C36H55B5N10O12. The van der Waals surface area contributed by atoms with Crippen molar-refractivity contribution in [2.24, 2.45) is 0 Å². The summed E-state index contributed by atoms with van der Waals surface area (Å²) >= 11 is 0. The van der Waals surface area contributed by atoms with Gasteiger partial charge in [0.25, 0.3) is 0 Å². The molecule has 6 atom stereocenters. The molecule has 5 N–H and O–H groups in total. The van der Waals surface area contributed by atoms with E-state index in [1.165, 1.54) is 9.80 Å². The van der Waals surface area contributed by atoms with Gasteiger partial charge in [0.15, 0.2) is 0 Å². The van der Waals surface area contributed by atoms with Gasteiger partial charge in [-0.2, -0.15) is 0 Å². The van der Waals surface area contributed by atoms with E-state index in [2.05, 4.69) is 26.6 Å². The number of ether oxygens (including phenoxy) is 3. The van der Waals surface area contributed by atoms with Crippen molar-refractivity contribution in [3.05, 3.63) is 0 Å². The zero-order valence-electron chi connectivity index (χ0n) is 35.9. The zero-order valence-corrected chi connectivity index (χ0v) is 35.9. The summed E-state index contributed by atoms with van der Waals surface area (Å²) in [7, 11) is 31.2. The van der Waals surface area contributed by atoms with Crippen LogP contribution < -0.4 is 26.6 Å². The zero-order chi connectivity index (χ0) is 46.6. The van der Waals surface area contributed by atoms with Crippen molar-refractivity contribution in [1.29, 1.82) is 0 Å². The molecule has 27 heteroatoms. The van der Waals surface area contributed by atoms with Crippen molar-refractivity contribution >= 4 is 92.4 Å². The number of hydrogen-bond donors (Lipinski definition) is 5. The van der Waals surface area contributed by atoms with Crippen LogP contribution in [-0.4, -0.2) is 259 Å². The number of nitrogens with zero attached hydrogens (tertiary/aromatic N) is 5. The molecule has 3 rings (SSSR count). The summed E-state index contributed by atoms with van der Waals surface area (Å²) in [6.45, 7) is -1.36. The van der Waals surface area contributed by atoms with Crippen molar-refractivity contribution in [2.45, 2.75) is 67.9 Å². The monoisotopic (exact) mass is 874 g/mol. The number of carbonyl (C=O) groups is 9. The standard InChI is InChI=1S/C36H55B5N10O12/c1-42-22-16-61-20-26(22)50(35(59)10-40)14-28(52)43-3-6-49(34(58)9-39)13-31(55)46-24-18-63-21-27(24)51(36(60)11-41)15-29(53)44-4-5-48(33(57)8-38)12-30(54)45-23-17-62-19-25(23)47(2)32(56)7-37/h22-27,42H,3-21H2,1-2H3,(H,43,52)(H,44,53)(H,45,54)(H,46,55)/t22-,23-,24-,25-,26-,27-/m0/s1. The highest BCUT2D eigenvalue weighted by Crippen LogP contribution is 2.17. The smallest absolute Gasteiger partial charge is 0.239 e. The Balaban J connectivity index is 1.54. The highest BCUT2D eigenvalue weighted by molar-refractivity contribution is 6.21. The summed E-state index contributed by atoms with van der Waals surface area (Å²) in [5.41, 5.74) is 0. The summed E-state index contributed by atoms with van der Waals surface area (Å²) in [6, 6.07) is -3.31. The lowest BCUT2D eigenvalue weighted by molar-refractivity contribution is -0.138. The topological polar surface area (TPSA) is 258 Å². The van der Waals surface area contributed by atoms with Crippen LogP contribution in [0.15, 0.2) is 0 Å². The largest absolute Gasteiger partial charge is 0.378 e. The van der Waals surface area contributed by atoms with Gasteiger partial charge in [-0.05, 0) is 38.6 Å². The molecule has 10 radical (unpaired) electrons. The number of hydrogen-bond acceptors (Lipinski definition) is 13. The third-order valence-electron chi connectivity index (χ3n) is 10.8. The molecule has 3 heterocycles. The van der Waals surface area contributed by atoms with Gasteiger partial charge in [-0.25, -0.2) is 0 Å². The van der Waals surface area contributed by atoms with E-state index in [1.54, 1.807) is 14.1 Å². The maximum Gasteiger partial charge on any atom is 0.239 e. The van der Waals surface area contributed by atoms with Crippen LogP contribution in [-0.2, 0) is 57.4 Å². The molecule has 3 aliphatic heterocycles. The molecule has 3 saturated heterocycles. The van der Waals surface area contributed by atoms with Crippen LogP contribution in [0, 0.1) is 0 Å². The van der Waals surface area contributed by atoms with Crippen LogP contribution in [0.2, 0.25) is 31.6 Å². The summed E-state index contributed by atoms with van der Waals surface area (Å²) in [5, 5.41) is 13.8. The summed E-state index contributed by atoms with van der Waals surface area (Å²) in [5.74, 6) is -4.95. The normalized spacial score (nSPS) is 21.4. The Bertz CT molecular complexity index is 1620. The maximum absolute atomic E-state index is 13.3. The lowest BCUT2D eigenvalue weighted by Gasteiger charge is -2.32. The molecule has 0 bridgehead atoms. The fourth-order valence-corrected chi connectivity index (χ4v) is 7.30. The van der Waals surface area contributed by atoms with Crippen molar-refractivity contribution < 1.29 is 57.4 Å². The van der Waals surface area contributed by atoms with Gasteiger partial charge in [0.2, 0.25) is 53.2 Å². The first kappa shape index (κ1) is 52.7. The Morgan fingerprint density at radius 2 is 0.841 bits per heavy atom.